The van der Waals surface area contributed by atoms with Gasteiger partial charge >= 0.3 is 5.97 Å². The maximum Gasteiger partial charge on any atom is 0.326 e. The molecule has 4 N–H and O–H groups in total. The van der Waals surface area contributed by atoms with E-state index in [0.717, 1.165) is 0 Å². The second kappa shape index (κ2) is 4.75. The summed E-state index contributed by atoms with van der Waals surface area (Å²) in [5.41, 5.74) is 4.87. The van der Waals surface area contributed by atoms with Crippen LogP contribution in [0.25, 0.3) is 0 Å². The van der Waals surface area contributed by atoms with Gasteiger partial charge in [-0.05, 0) is 17.7 Å². The van der Waals surface area contributed by atoms with Gasteiger partial charge in [-0.3, -0.25) is 4.79 Å². The number of aliphatic carboxylic acids is 1. The lowest BCUT2D eigenvalue weighted by Gasteiger charge is -2.21. The minimum absolute atomic E-state index is 0.0195. The summed E-state index contributed by atoms with van der Waals surface area (Å²) in [5.74, 6) is -1.27. The van der Waals surface area contributed by atoms with Crippen LogP contribution >= 0.6 is 0 Å². The van der Waals surface area contributed by atoms with E-state index in [0.29, 0.717) is 11.1 Å². The van der Waals surface area contributed by atoms with Gasteiger partial charge in [0.15, 0.2) is 0 Å². The highest BCUT2D eigenvalue weighted by molar-refractivity contribution is 5.79. The molecule has 0 fully saturated rings. The minimum atomic E-state index is -1.70. The largest absolute Gasteiger partial charge is 0.480 e. The van der Waals surface area contributed by atoms with Crippen molar-refractivity contribution in [2.45, 2.75) is 12.0 Å². The Morgan fingerprint density at radius 2 is 2.25 bits per heavy atom. The van der Waals surface area contributed by atoms with Crippen molar-refractivity contribution in [1.82, 2.24) is 0 Å². The topological polar surface area (TPSA) is 107 Å². The number of carboxylic acids is 1. The molecule has 0 aromatic heterocycles. The van der Waals surface area contributed by atoms with Gasteiger partial charge in [-0.1, -0.05) is 12.1 Å². The van der Waals surface area contributed by atoms with Gasteiger partial charge in [0.05, 0.1) is 18.2 Å². The standard InChI is InChI=1S/C11H12N2O3/c12-6-9-3-1-2-8(4-9)5-11(13,7-14)10(15)16/h1-4,14H,5,7,13H2,(H,15,16). The molecule has 1 unspecified atom stereocenters. The molecule has 84 valence electrons. The molecule has 1 atom stereocenters. The van der Waals surface area contributed by atoms with E-state index in [1.807, 2.05) is 6.07 Å². The maximum atomic E-state index is 10.9. The summed E-state index contributed by atoms with van der Waals surface area (Å²) in [6.45, 7) is -0.654. The Bertz CT molecular complexity index is 439. The molecular formula is C11H12N2O3. The molecule has 0 aliphatic heterocycles. The number of nitrogens with zero attached hydrogens (tertiary/aromatic N) is 1. The van der Waals surface area contributed by atoms with Crippen LogP contribution in [0, 0.1) is 11.3 Å². The molecule has 0 aliphatic rings. The molecule has 16 heavy (non-hydrogen) atoms. The smallest absolute Gasteiger partial charge is 0.326 e. The van der Waals surface area contributed by atoms with Crippen molar-refractivity contribution in [3.05, 3.63) is 35.4 Å². The number of nitrogens with two attached hydrogens (primary N) is 1. The first-order valence-electron chi connectivity index (χ1n) is 4.64. The first-order valence-corrected chi connectivity index (χ1v) is 4.64. The van der Waals surface area contributed by atoms with Crippen LogP contribution in [0.4, 0.5) is 0 Å². The van der Waals surface area contributed by atoms with Gasteiger partial charge in [-0.15, -0.1) is 0 Å². The molecule has 1 aromatic carbocycles. The highest BCUT2D eigenvalue weighted by Crippen LogP contribution is 2.12. The highest BCUT2D eigenvalue weighted by atomic mass is 16.4. The molecule has 0 bridgehead atoms. The number of hydrogen-bond donors (Lipinski definition) is 3. The Balaban J connectivity index is 2.95. The fourth-order valence-electron chi connectivity index (χ4n) is 1.31. The van der Waals surface area contributed by atoms with Crippen molar-refractivity contribution in [3.63, 3.8) is 0 Å². The lowest BCUT2D eigenvalue weighted by Crippen LogP contribution is -2.53. The number of rotatable bonds is 4. The van der Waals surface area contributed by atoms with Crippen molar-refractivity contribution < 1.29 is 15.0 Å². The molecule has 0 heterocycles. The van der Waals surface area contributed by atoms with Crippen LogP contribution in [0.1, 0.15) is 11.1 Å². The molecule has 0 saturated carbocycles. The Hall–Kier alpha value is -1.90. The van der Waals surface area contributed by atoms with E-state index in [-0.39, 0.29) is 6.42 Å². The first-order chi connectivity index (χ1) is 7.51. The van der Waals surface area contributed by atoms with Crippen LogP contribution in [0.3, 0.4) is 0 Å². The van der Waals surface area contributed by atoms with Crippen molar-refractivity contribution in [2.75, 3.05) is 6.61 Å². The highest BCUT2D eigenvalue weighted by Gasteiger charge is 2.33. The summed E-state index contributed by atoms with van der Waals surface area (Å²) in [4.78, 5) is 10.9. The Labute approximate surface area is 92.7 Å². The van der Waals surface area contributed by atoms with Crippen molar-refractivity contribution in [2.24, 2.45) is 5.73 Å². The molecule has 0 amide bonds. The maximum absolute atomic E-state index is 10.9. The molecule has 0 saturated heterocycles. The zero-order valence-corrected chi connectivity index (χ0v) is 8.55. The number of hydrogen-bond acceptors (Lipinski definition) is 4. The third-order valence-electron chi connectivity index (χ3n) is 2.28. The minimum Gasteiger partial charge on any atom is -0.480 e. The number of nitriles is 1. The number of benzene rings is 1. The monoisotopic (exact) mass is 220 g/mol. The average molecular weight is 220 g/mol. The molecular weight excluding hydrogens is 208 g/mol. The van der Waals surface area contributed by atoms with Crippen LogP contribution in [0.2, 0.25) is 0 Å². The van der Waals surface area contributed by atoms with Crippen LogP contribution in [0.5, 0.6) is 0 Å². The Morgan fingerprint density at radius 3 is 2.75 bits per heavy atom. The predicted octanol–water partition coefficient (Wildman–Crippen LogP) is -0.125. The molecule has 0 radical (unpaired) electrons. The lowest BCUT2D eigenvalue weighted by molar-refractivity contribution is -0.144. The second-order valence-electron chi connectivity index (χ2n) is 3.61. The zero-order valence-electron chi connectivity index (χ0n) is 8.55. The third-order valence-corrected chi connectivity index (χ3v) is 2.28. The van der Waals surface area contributed by atoms with Crippen LogP contribution in [-0.2, 0) is 11.2 Å². The fraction of sp³-hybridized carbons (Fsp3) is 0.273. The second-order valence-corrected chi connectivity index (χ2v) is 3.61. The van der Waals surface area contributed by atoms with E-state index in [4.69, 9.17) is 21.2 Å². The van der Waals surface area contributed by atoms with E-state index in [2.05, 4.69) is 0 Å². The van der Waals surface area contributed by atoms with Gasteiger partial charge < -0.3 is 15.9 Å². The Kier molecular flexibility index (Phi) is 3.61. The van der Waals surface area contributed by atoms with E-state index < -0.39 is 18.1 Å². The van der Waals surface area contributed by atoms with Gasteiger partial charge in [0.1, 0.15) is 5.54 Å². The van der Waals surface area contributed by atoms with Gasteiger partial charge in [0.2, 0.25) is 0 Å². The molecule has 5 heteroatoms. The number of carboxylic acid groups (broad SMARTS) is 1. The number of aliphatic hydroxyl groups excluding tert-OH is 1. The van der Waals surface area contributed by atoms with E-state index in [9.17, 15) is 4.79 Å². The Morgan fingerprint density at radius 1 is 1.56 bits per heavy atom. The van der Waals surface area contributed by atoms with Crippen molar-refractivity contribution in [1.29, 1.82) is 5.26 Å². The number of aliphatic hydroxyl groups is 1. The summed E-state index contributed by atoms with van der Waals surface area (Å²) >= 11 is 0. The molecule has 5 nitrogen and oxygen atoms in total. The van der Waals surface area contributed by atoms with E-state index >= 15 is 0 Å². The average Bonchev–Trinajstić information content (AvgIpc) is 2.29. The molecule has 1 aromatic rings. The summed E-state index contributed by atoms with van der Waals surface area (Å²) < 4.78 is 0. The summed E-state index contributed by atoms with van der Waals surface area (Å²) in [6, 6.07) is 8.43. The molecule has 0 aliphatic carbocycles. The van der Waals surface area contributed by atoms with Crippen LogP contribution in [0.15, 0.2) is 24.3 Å². The summed E-state index contributed by atoms with van der Waals surface area (Å²) in [5, 5.41) is 26.5. The van der Waals surface area contributed by atoms with Gasteiger partial charge in [0.25, 0.3) is 0 Å². The van der Waals surface area contributed by atoms with E-state index in [1.54, 1.807) is 24.3 Å². The zero-order chi connectivity index (χ0) is 12.2. The van der Waals surface area contributed by atoms with Gasteiger partial charge in [-0.25, -0.2) is 0 Å². The number of carbonyl (C=O) groups is 1. The van der Waals surface area contributed by atoms with Crippen LogP contribution < -0.4 is 5.73 Å². The fourth-order valence-corrected chi connectivity index (χ4v) is 1.31. The van der Waals surface area contributed by atoms with Crippen molar-refractivity contribution in [3.8, 4) is 6.07 Å². The van der Waals surface area contributed by atoms with Gasteiger partial charge in [0, 0.05) is 6.42 Å². The quantitative estimate of drug-likeness (QED) is 0.655. The SMILES string of the molecule is N#Cc1cccc(CC(N)(CO)C(=O)O)c1. The summed E-state index contributed by atoms with van der Waals surface area (Å²) in [6.07, 6.45) is -0.0195. The van der Waals surface area contributed by atoms with Crippen LogP contribution in [-0.4, -0.2) is 28.3 Å². The predicted molar refractivity (Wildman–Crippen MR) is 56.5 cm³/mol. The van der Waals surface area contributed by atoms with Crippen molar-refractivity contribution >= 4 is 5.97 Å². The molecule has 0 spiro atoms. The normalized spacial score (nSPS) is 13.8. The van der Waals surface area contributed by atoms with E-state index in [1.165, 1.54) is 0 Å². The molecule has 1 rings (SSSR count). The first kappa shape index (κ1) is 12.2. The lowest BCUT2D eigenvalue weighted by atomic mass is 9.92. The third kappa shape index (κ3) is 2.57. The summed E-state index contributed by atoms with van der Waals surface area (Å²) in [7, 11) is 0. The van der Waals surface area contributed by atoms with Gasteiger partial charge in [-0.2, -0.15) is 5.26 Å².